The molecule has 1 aliphatic carbocycles. The molecular weight excluding hydrogens is 192 g/mol. The van der Waals surface area contributed by atoms with E-state index in [1.165, 1.54) is 6.08 Å². The van der Waals surface area contributed by atoms with Gasteiger partial charge in [0.1, 0.15) is 12.2 Å². The summed E-state index contributed by atoms with van der Waals surface area (Å²) in [6.45, 7) is 0.403. The van der Waals surface area contributed by atoms with Crippen LogP contribution in [0.2, 0.25) is 0 Å². The zero-order valence-corrected chi connectivity index (χ0v) is 8.17. The predicted molar refractivity (Wildman–Crippen MR) is 55.2 cm³/mol. The normalized spacial score (nSPS) is 24.7. The molecule has 2 unspecified atom stereocenters. The minimum atomic E-state index is -1.03. The smallest absolute Gasteiger partial charge is 0.186 e. The number of benzene rings is 1. The fraction of sp³-hybridized carbons (Fsp3) is 0.250. The molecular formula is C12H12O3. The van der Waals surface area contributed by atoms with E-state index in [2.05, 4.69) is 0 Å². The Bertz CT molecular complexity index is 370. The van der Waals surface area contributed by atoms with Crippen molar-refractivity contribution in [2.24, 2.45) is 0 Å². The maximum absolute atomic E-state index is 11.0. The van der Waals surface area contributed by atoms with E-state index in [9.17, 15) is 9.90 Å². The van der Waals surface area contributed by atoms with Crippen molar-refractivity contribution in [3.8, 4) is 0 Å². The second-order valence-corrected chi connectivity index (χ2v) is 3.47. The van der Waals surface area contributed by atoms with Crippen LogP contribution in [0, 0.1) is 0 Å². The number of ketones is 1. The first-order chi connectivity index (χ1) is 7.27. The van der Waals surface area contributed by atoms with Gasteiger partial charge in [-0.25, -0.2) is 0 Å². The number of ether oxygens (including phenoxy) is 1. The molecule has 2 rings (SSSR count). The lowest BCUT2D eigenvalue weighted by atomic mass is 10.2. The number of hydrogen-bond donors (Lipinski definition) is 1. The van der Waals surface area contributed by atoms with Crippen LogP contribution < -0.4 is 0 Å². The summed E-state index contributed by atoms with van der Waals surface area (Å²) in [6, 6.07) is 9.65. The lowest BCUT2D eigenvalue weighted by Gasteiger charge is -2.13. The van der Waals surface area contributed by atoms with Crippen LogP contribution in [0.5, 0.6) is 0 Å². The largest absolute Gasteiger partial charge is 0.382 e. The third kappa shape index (κ3) is 2.32. The first kappa shape index (κ1) is 10.1. The van der Waals surface area contributed by atoms with E-state index in [-0.39, 0.29) is 5.78 Å². The average Bonchev–Trinajstić information content (AvgIpc) is 2.59. The highest BCUT2D eigenvalue weighted by Gasteiger charge is 2.28. The van der Waals surface area contributed by atoms with E-state index >= 15 is 0 Å². The minimum Gasteiger partial charge on any atom is -0.382 e. The lowest BCUT2D eigenvalue weighted by Crippen LogP contribution is -2.28. The summed E-state index contributed by atoms with van der Waals surface area (Å²) in [6.07, 6.45) is 1.42. The molecule has 3 heteroatoms. The van der Waals surface area contributed by atoms with Crippen molar-refractivity contribution in [3.63, 3.8) is 0 Å². The van der Waals surface area contributed by atoms with Crippen molar-refractivity contribution in [2.45, 2.75) is 18.8 Å². The topological polar surface area (TPSA) is 46.5 Å². The Morgan fingerprint density at radius 1 is 1.27 bits per heavy atom. The van der Waals surface area contributed by atoms with Crippen LogP contribution in [-0.2, 0) is 16.1 Å². The van der Waals surface area contributed by atoms with E-state index in [1.54, 1.807) is 6.08 Å². The number of carbonyl (C=O) groups is 1. The van der Waals surface area contributed by atoms with Gasteiger partial charge in [0.2, 0.25) is 0 Å². The molecule has 15 heavy (non-hydrogen) atoms. The first-order valence-corrected chi connectivity index (χ1v) is 4.83. The van der Waals surface area contributed by atoms with Crippen molar-refractivity contribution >= 4 is 5.78 Å². The average molecular weight is 204 g/mol. The molecule has 1 aromatic rings. The summed E-state index contributed by atoms with van der Waals surface area (Å²) in [4.78, 5) is 11.0. The summed E-state index contributed by atoms with van der Waals surface area (Å²) in [5, 5.41) is 9.40. The van der Waals surface area contributed by atoms with Gasteiger partial charge in [-0.1, -0.05) is 30.3 Å². The predicted octanol–water partition coefficient (Wildman–Crippen LogP) is 1.07. The van der Waals surface area contributed by atoms with Crippen molar-refractivity contribution in [2.75, 3.05) is 0 Å². The van der Waals surface area contributed by atoms with Gasteiger partial charge in [-0.2, -0.15) is 0 Å². The summed E-state index contributed by atoms with van der Waals surface area (Å²) >= 11 is 0. The number of hydrogen-bond acceptors (Lipinski definition) is 3. The van der Waals surface area contributed by atoms with Gasteiger partial charge >= 0.3 is 0 Å². The molecule has 0 bridgehead atoms. The van der Waals surface area contributed by atoms with Gasteiger partial charge < -0.3 is 9.84 Å². The Balaban J connectivity index is 1.90. The van der Waals surface area contributed by atoms with Gasteiger partial charge in [0.15, 0.2) is 5.78 Å². The Morgan fingerprint density at radius 2 is 2.00 bits per heavy atom. The molecule has 0 aromatic heterocycles. The number of aliphatic hydroxyl groups is 1. The monoisotopic (exact) mass is 204 g/mol. The minimum absolute atomic E-state index is 0.284. The Kier molecular flexibility index (Phi) is 2.94. The third-order valence-electron chi connectivity index (χ3n) is 2.34. The molecule has 0 radical (unpaired) electrons. The Morgan fingerprint density at radius 3 is 2.60 bits per heavy atom. The van der Waals surface area contributed by atoms with E-state index in [0.29, 0.717) is 6.61 Å². The quantitative estimate of drug-likeness (QED) is 0.801. The second kappa shape index (κ2) is 4.38. The molecule has 0 spiro atoms. The van der Waals surface area contributed by atoms with Crippen LogP contribution >= 0.6 is 0 Å². The number of aliphatic hydroxyl groups excluding tert-OH is 1. The third-order valence-corrected chi connectivity index (χ3v) is 2.34. The molecule has 3 nitrogen and oxygen atoms in total. The highest BCUT2D eigenvalue weighted by molar-refractivity contribution is 5.96. The van der Waals surface area contributed by atoms with Gasteiger partial charge in [-0.15, -0.1) is 0 Å². The molecule has 78 valence electrons. The first-order valence-electron chi connectivity index (χ1n) is 4.83. The highest BCUT2D eigenvalue weighted by Crippen LogP contribution is 2.13. The molecule has 0 fully saturated rings. The molecule has 0 amide bonds. The van der Waals surface area contributed by atoms with E-state index in [0.717, 1.165) is 5.56 Å². The van der Waals surface area contributed by atoms with Crippen LogP contribution in [-0.4, -0.2) is 23.1 Å². The summed E-state index contributed by atoms with van der Waals surface area (Å²) in [5.74, 6) is -0.284. The van der Waals surface area contributed by atoms with Crippen molar-refractivity contribution in [1.82, 2.24) is 0 Å². The molecule has 2 atom stereocenters. The number of rotatable bonds is 3. The number of carbonyl (C=O) groups excluding carboxylic acids is 1. The standard InChI is InChI=1S/C12H12O3/c13-10-6-7-11(12(10)14)15-8-9-4-2-1-3-5-9/h1-7,11-12,14H,8H2. The van der Waals surface area contributed by atoms with Crippen LogP contribution in [0.25, 0.3) is 0 Å². The van der Waals surface area contributed by atoms with Crippen LogP contribution in [0.1, 0.15) is 5.56 Å². The lowest BCUT2D eigenvalue weighted by molar-refractivity contribution is -0.126. The maximum Gasteiger partial charge on any atom is 0.186 e. The molecule has 1 aliphatic rings. The zero-order chi connectivity index (χ0) is 10.7. The van der Waals surface area contributed by atoms with Crippen molar-refractivity contribution < 1.29 is 14.6 Å². The van der Waals surface area contributed by atoms with Gasteiger partial charge in [-0.05, 0) is 17.7 Å². The van der Waals surface area contributed by atoms with Gasteiger partial charge in [0.25, 0.3) is 0 Å². The van der Waals surface area contributed by atoms with E-state index < -0.39 is 12.2 Å². The summed E-state index contributed by atoms with van der Waals surface area (Å²) in [5.41, 5.74) is 1.03. The molecule has 1 N–H and O–H groups in total. The van der Waals surface area contributed by atoms with Crippen molar-refractivity contribution in [3.05, 3.63) is 48.0 Å². The second-order valence-electron chi connectivity index (χ2n) is 3.47. The molecule has 0 heterocycles. The molecule has 0 saturated heterocycles. The fourth-order valence-electron chi connectivity index (χ4n) is 1.47. The van der Waals surface area contributed by atoms with E-state index in [1.807, 2.05) is 30.3 Å². The van der Waals surface area contributed by atoms with Gasteiger partial charge in [-0.3, -0.25) is 4.79 Å². The maximum atomic E-state index is 11.0. The highest BCUT2D eigenvalue weighted by atomic mass is 16.5. The van der Waals surface area contributed by atoms with Gasteiger partial charge in [0, 0.05) is 0 Å². The molecule has 0 saturated carbocycles. The van der Waals surface area contributed by atoms with Crippen LogP contribution in [0.4, 0.5) is 0 Å². The van der Waals surface area contributed by atoms with E-state index in [4.69, 9.17) is 4.74 Å². The van der Waals surface area contributed by atoms with Crippen LogP contribution in [0.3, 0.4) is 0 Å². The summed E-state index contributed by atoms with van der Waals surface area (Å²) in [7, 11) is 0. The summed E-state index contributed by atoms with van der Waals surface area (Å²) < 4.78 is 5.41. The Hall–Kier alpha value is -1.45. The fourth-order valence-corrected chi connectivity index (χ4v) is 1.47. The van der Waals surface area contributed by atoms with Crippen LogP contribution in [0.15, 0.2) is 42.5 Å². The van der Waals surface area contributed by atoms with Crippen molar-refractivity contribution in [1.29, 1.82) is 0 Å². The molecule has 0 aliphatic heterocycles. The zero-order valence-electron chi connectivity index (χ0n) is 8.17. The Labute approximate surface area is 88.0 Å². The van der Waals surface area contributed by atoms with Gasteiger partial charge in [0.05, 0.1) is 6.61 Å². The SMILES string of the molecule is O=C1C=CC(OCc2ccccc2)C1O. The molecule has 1 aromatic carbocycles.